The number of alkyl halides is 1. The molecule has 0 bridgehead atoms. The zero-order valence-electron chi connectivity index (χ0n) is 11.8. The number of amides is 1. The van der Waals surface area contributed by atoms with Gasteiger partial charge in [0.25, 0.3) is 0 Å². The van der Waals surface area contributed by atoms with Crippen LogP contribution in [0.5, 0.6) is 0 Å². The number of hydrogen-bond donors (Lipinski definition) is 1. The average molecular weight is 379 g/mol. The van der Waals surface area contributed by atoms with Crippen LogP contribution in [0.2, 0.25) is 0 Å². The Bertz CT molecular complexity index is 365. The summed E-state index contributed by atoms with van der Waals surface area (Å²) >= 11 is 2.23. The molecule has 19 heavy (non-hydrogen) atoms. The Morgan fingerprint density at radius 3 is 2.47 bits per heavy atom. The number of hydrogen-bond acceptors (Lipinski definition) is 4. The molecule has 2 atom stereocenters. The van der Waals surface area contributed by atoms with Crippen molar-refractivity contribution in [1.82, 2.24) is 5.32 Å². The summed E-state index contributed by atoms with van der Waals surface area (Å²) in [6.07, 6.45) is 2.49. The molecule has 0 spiro atoms. The first-order valence-corrected chi connectivity index (χ1v) is 8.27. The first kappa shape index (κ1) is 16.5. The maximum absolute atomic E-state index is 12.2. The van der Waals surface area contributed by atoms with E-state index in [4.69, 9.17) is 0 Å². The second-order valence-corrected chi connectivity index (χ2v) is 6.31. The second-order valence-electron chi connectivity index (χ2n) is 5.23. The zero-order chi connectivity index (χ0) is 14.5. The molecular formula is C13H22IN3O2. The first-order chi connectivity index (χ1) is 8.91. The second kappa shape index (κ2) is 7.31. The Balaban J connectivity index is 2.42. The van der Waals surface area contributed by atoms with Crippen LogP contribution in [0.1, 0.15) is 46.5 Å². The number of halogens is 1. The number of Topliss-reactive ketones (excluding diaryl/α,β-unsaturated/α-hetero) is 1. The van der Waals surface area contributed by atoms with Crippen LogP contribution in [-0.2, 0) is 9.59 Å². The quantitative estimate of drug-likeness (QED) is 0.494. The lowest BCUT2D eigenvalue weighted by atomic mass is 9.95. The molecule has 0 radical (unpaired) electrons. The summed E-state index contributed by atoms with van der Waals surface area (Å²) in [6.45, 7) is 5.80. The summed E-state index contributed by atoms with van der Waals surface area (Å²) in [4.78, 5) is 24.0. The third kappa shape index (κ3) is 5.54. The highest BCUT2D eigenvalue weighted by molar-refractivity contribution is 14.1. The molecule has 1 amide bonds. The van der Waals surface area contributed by atoms with Crippen molar-refractivity contribution in [3.63, 3.8) is 0 Å². The summed E-state index contributed by atoms with van der Waals surface area (Å²) in [6, 6.07) is -0.347. The molecule has 108 valence electrons. The van der Waals surface area contributed by atoms with Crippen LogP contribution in [0.4, 0.5) is 0 Å². The molecule has 5 nitrogen and oxygen atoms in total. The van der Waals surface area contributed by atoms with E-state index in [0.29, 0.717) is 19.3 Å². The molecule has 1 rings (SSSR count). The number of ketones is 1. The van der Waals surface area contributed by atoms with Crippen LogP contribution in [0.15, 0.2) is 10.2 Å². The van der Waals surface area contributed by atoms with Gasteiger partial charge >= 0.3 is 0 Å². The molecule has 1 N–H and O–H groups in total. The van der Waals surface area contributed by atoms with E-state index >= 15 is 0 Å². The molecular weight excluding hydrogens is 357 g/mol. The van der Waals surface area contributed by atoms with Gasteiger partial charge < -0.3 is 5.32 Å². The van der Waals surface area contributed by atoms with Gasteiger partial charge in [0.2, 0.25) is 5.91 Å². The highest BCUT2D eigenvalue weighted by Gasteiger charge is 2.34. The predicted octanol–water partition coefficient (Wildman–Crippen LogP) is 2.87. The van der Waals surface area contributed by atoms with E-state index in [1.165, 1.54) is 0 Å². The van der Waals surface area contributed by atoms with Crippen molar-refractivity contribution in [3.05, 3.63) is 0 Å². The van der Waals surface area contributed by atoms with Gasteiger partial charge in [-0.15, -0.1) is 0 Å². The summed E-state index contributed by atoms with van der Waals surface area (Å²) in [7, 11) is 0. The fourth-order valence-corrected chi connectivity index (χ4v) is 2.36. The monoisotopic (exact) mass is 379 g/mol. The molecule has 2 unspecified atom stereocenters. The SMILES string of the molecule is CCC(C)C(=O)C(CCI)NC(=O)CCC1(C)N=N1. The maximum atomic E-state index is 12.2. The predicted molar refractivity (Wildman–Crippen MR) is 82.4 cm³/mol. The number of rotatable bonds is 9. The largest absolute Gasteiger partial charge is 0.346 e. The van der Waals surface area contributed by atoms with Crippen molar-refractivity contribution < 1.29 is 9.59 Å². The molecule has 0 saturated heterocycles. The van der Waals surface area contributed by atoms with E-state index in [1.54, 1.807) is 0 Å². The van der Waals surface area contributed by atoms with E-state index in [2.05, 4.69) is 38.1 Å². The Hall–Kier alpha value is -0.530. The van der Waals surface area contributed by atoms with Gasteiger partial charge in [0.05, 0.1) is 6.04 Å². The lowest BCUT2D eigenvalue weighted by molar-refractivity contribution is -0.130. The molecule has 0 aromatic rings. The van der Waals surface area contributed by atoms with E-state index < -0.39 is 0 Å². The number of carbonyl (C=O) groups is 2. The highest BCUT2D eigenvalue weighted by Crippen LogP contribution is 2.31. The summed E-state index contributed by atoms with van der Waals surface area (Å²) in [5.41, 5.74) is -0.350. The van der Waals surface area contributed by atoms with E-state index in [9.17, 15) is 9.59 Å². The molecule has 1 aliphatic heterocycles. The van der Waals surface area contributed by atoms with Crippen molar-refractivity contribution >= 4 is 34.3 Å². The lowest BCUT2D eigenvalue weighted by Gasteiger charge is -2.20. The lowest BCUT2D eigenvalue weighted by Crippen LogP contribution is -2.43. The zero-order valence-corrected chi connectivity index (χ0v) is 13.9. The molecule has 1 aliphatic rings. The van der Waals surface area contributed by atoms with Crippen LogP contribution in [0, 0.1) is 5.92 Å². The van der Waals surface area contributed by atoms with Crippen molar-refractivity contribution in [2.45, 2.75) is 58.2 Å². The summed E-state index contributed by atoms with van der Waals surface area (Å²) in [5.74, 6) is 0.0590. The van der Waals surface area contributed by atoms with Gasteiger partial charge in [-0.25, -0.2) is 0 Å². The Kier molecular flexibility index (Phi) is 6.35. The minimum absolute atomic E-state index is 0.000741. The normalized spacial score (nSPS) is 18.7. The molecule has 6 heteroatoms. The molecule has 0 fully saturated rings. The number of nitrogens with one attached hydrogen (secondary N) is 1. The van der Waals surface area contributed by atoms with Crippen molar-refractivity contribution in [3.8, 4) is 0 Å². The van der Waals surface area contributed by atoms with Gasteiger partial charge in [0.15, 0.2) is 11.4 Å². The van der Waals surface area contributed by atoms with Gasteiger partial charge in [-0.05, 0) is 19.8 Å². The Labute approximate surface area is 128 Å². The first-order valence-electron chi connectivity index (χ1n) is 6.75. The van der Waals surface area contributed by atoms with Gasteiger partial charge in [0, 0.05) is 23.2 Å². The number of carbonyl (C=O) groups excluding carboxylic acids is 2. The van der Waals surface area contributed by atoms with Gasteiger partial charge in [-0.1, -0.05) is 36.4 Å². The minimum atomic E-state index is -0.350. The third-order valence-electron chi connectivity index (χ3n) is 3.44. The van der Waals surface area contributed by atoms with Gasteiger partial charge in [-0.2, -0.15) is 10.2 Å². The summed E-state index contributed by atoms with van der Waals surface area (Å²) in [5, 5.41) is 10.6. The van der Waals surface area contributed by atoms with Crippen LogP contribution in [0.3, 0.4) is 0 Å². The number of nitrogens with zero attached hydrogens (tertiary/aromatic N) is 2. The van der Waals surface area contributed by atoms with Crippen molar-refractivity contribution in [2.24, 2.45) is 16.1 Å². The molecule has 0 aromatic carbocycles. The highest BCUT2D eigenvalue weighted by atomic mass is 127. The topological polar surface area (TPSA) is 70.9 Å². The van der Waals surface area contributed by atoms with Crippen LogP contribution in [0.25, 0.3) is 0 Å². The minimum Gasteiger partial charge on any atom is -0.346 e. The Morgan fingerprint density at radius 1 is 1.37 bits per heavy atom. The Morgan fingerprint density at radius 2 is 2.00 bits per heavy atom. The average Bonchev–Trinajstić information content (AvgIpc) is 3.12. The van der Waals surface area contributed by atoms with Crippen molar-refractivity contribution in [2.75, 3.05) is 4.43 Å². The standard InChI is InChI=1S/C13H22IN3O2/c1-4-9(2)12(19)10(6-8-14)15-11(18)5-7-13(3)16-17-13/h9-10H,4-8H2,1-3H3,(H,15,18). The van der Waals surface area contributed by atoms with Crippen LogP contribution >= 0.6 is 22.6 Å². The smallest absolute Gasteiger partial charge is 0.220 e. The fraction of sp³-hybridized carbons (Fsp3) is 0.846. The molecule has 1 heterocycles. The summed E-state index contributed by atoms with van der Waals surface area (Å²) < 4.78 is 0.854. The van der Waals surface area contributed by atoms with Crippen LogP contribution < -0.4 is 5.32 Å². The van der Waals surface area contributed by atoms with E-state index in [1.807, 2.05) is 20.8 Å². The maximum Gasteiger partial charge on any atom is 0.220 e. The van der Waals surface area contributed by atoms with Gasteiger partial charge in [-0.3, -0.25) is 9.59 Å². The molecule has 0 aliphatic carbocycles. The fourth-order valence-electron chi connectivity index (χ4n) is 1.74. The van der Waals surface area contributed by atoms with E-state index in [-0.39, 0.29) is 29.3 Å². The van der Waals surface area contributed by atoms with Crippen molar-refractivity contribution in [1.29, 1.82) is 0 Å². The molecule has 0 saturated carbocycles. The van der Waals surface area contributed by atoms with Gasteiger partial charge in [0.1, 0.15) is 0 Å². The third-order valence-corrected chi connectivity index (χ3v) is 4.06. The molecule has 0 aromatic heterocycles. The van der Waals surface area contributed by atoms with Crippen LogP contribution in [-0.4, -0.2) is 27.8 Å². The van der Waals surface area contributed by atoms with E-state index in [0.717, 1.165) is 10.8 Å².